The van der Waals surface area contributed by atoms with E-state index < -0.39 is 20.8 Å². The van der Waals surface area contributed by atoms with E-state index in [1.54, 1.807) is 0 Å². The maximum Gasteiger partial charge on any atom is 2.00 e. The molecule has 0 aliphatic rings. The fourth-order valence-corrected chi connectivity index (χ4v) is 0. The Balaban J connectivity index is -0.0000000267. The molecule has 0 aliphatic heterocycles. The second-order valence-corrected chi connectivity index (χ2v) is 2.69. The van der Waals surface area contributed by atoms with Crippen LogP contribution in [0.2, 0.25) is 0 Å². The van der Waals surface area contributed by atoms with Crippen molar-refractivity contribution in [3.05, 3.63) is 0 Å². The zero-order valence-electron chi connectivity index (χ0n) is 6.95. The zero-order valence-corrected chi connectivity index (χ0v) is 8.79. The van der Waals surface area contributed by atoms with E-state index in [9.17, 15) is 0 Å². The molecule has 4 N–H and O–H groups in total. The van der Waals surface area contributed by atoms with Gasteiger partial charge in [-0.3, -0.25) is 18.2 Å². The van der Waals surface area contributed by atoms with E-state index in [-0.39, 0.29) is 40.6 Å². The average molecular weight is 238 g/mol. The predicted molar refractivity (Wildman–Crippen MR) is 36.3 cm³/mol. The molecule has 0 saturated heterocycles. The molecule has 0 aromatic heterocycles. The van der Waals surface area contributed by atoms with Gasteiger partial charge in [-0.1, -0.05) is 0 Å². The molecule has 11 heavy (non-hydrogen) atoms. The van der Waals surface area contributed by atoms with Crippen LogP contribution in [0.3, 0.4) is 0 Å². The van der Waals surface area contributed by atoms with Gasteiger partial charge in [-0.05, 0) is 0 Å². The molecule has 0 fully saturated rings. The molecular weight excluding hydrogens is 232 g/mol. The van der Waals surface area contributed by atoms with Crippen molar-refractivity contribution < 1.29 is 37.9 Å². The van der Waals surface area contributed by atoms with E-state index in [4.69, 9.17) is 35.0 Å². The average Bonchev–Trinajstić information content (AvgIpc) is 1.12. The van der Waals surface area contributed by atoms with Crippen molar-refractivity contribution in [1.82, 2.24) is 0 Å². The summed E-state index contributed by atoms with van der Waals surface area (Å²) < 4.78 is 63.2. The Labute approximate surface area is 95.7 Å². The Morgan fingerprint density at radius 3 is 0.727 bits per heavy atom. The molecule has 11 heteroatoms. The third kappa shape index (κ3) is 891. The Morgan fingerprint density at radius 2 is 0.727 bits per heavy atom. The van der Waals surface area contributed by atoms with E-state index in [2.05, 4.69) is 0 Å². The molecule has 0 radical (unpaired) electrons. The number of hydrogen-bond acceptors (Lipinski definition) is 4. The summed E-state index contributed by atoms with van der Waals surface area (Å²) in [5, 5.41) is 0. The number of hydrogen-bond donors (Lipinski definition) is 4. The fourth-order valence-electron chi connectivity index (χ4n) is 0. The molecule has 0 rings (SSSR count). The topological polar surface area (TPSA) is 149 Å². The zero-order chi connectivity index (χ0) is 9.00. The second kappa shape index (κ2) is 6.51. The molecular formula is H6CaO8S2. The molecule has 0 aromatic carbocycles. The first-order valence-electron chi connectivity index (χ1n) is 1.40. The first kappa shape index (κ1) is 17.9. The van der Waals surface area contributed by atoms with Gasteiger partial charge in [0.25, 0.3) is 0 Å². The summed E-state index contributed by atoms with van der Waals surface area (Å²) in [6.45, 7) is 0. The smallest absolute Gasteiger partial charge is 1.00 e. The van der Waals surface area contributed by atoms with Crippen molar-refractivity contribution in [2.75, 3.05) is 0 Å². The summed E-state index contributed by atoms with van der Waals surface area (Å²) in [5.74, 6) is 0. The van der Waals surface area contributed by atoms with Crippen LogP contribution < -0.4 is 0 Å². The van der Waals surface area contributed by atoms with Crippen LogP contribution in [0.4, 0.5) is 0 Å². The molecule has 68 valence electrons. The Bertz CT molecular complexity index is 217. The Kier molecular flexibility index (Phi) is 10.6. The van der Waals surface area contributed by atoms with Crippen molar-refractivity contribution in [2.45, 2.75) is 0 Å². The summed E-state index contributed by atoms with van der Waals surface area (Å²) in [5.41, 5.74) is 0. The molecule has 0 bridgehead atoms. The van der Waals surface area contributed by atoms with E-state index in [1.165, 1.54) is 0 Å². The van der Waals surface area contributed by atoms with E-state index >= 15 is 0 Å². The minimum atomic E-state index is -4.67. The van der Waals surface area contributed by atoms with Crippen molar-refractivity contribution in [1.29, 1.82) is 0 Å². The normalized spacial score (nSPS) is 10.5. The van der Waals surface area contributed by atoms with Crippen LogP contribution in [0, 0.1) is 0 Å². The van der Waals surface area contributed by atoms with Crippen LogP contribution in [-0.4, -0.2) is 72.8 Å². The third-order valence-corrected chi connectivity index (χ3v) is 0. The van der Waals surface area contributed by atoms with E-state index in [1.807, 2.05) is 0 Å². The molecule has 0 aliphatic carbocycles. The van der Waals surface area contributed by atoms with Crippen molar-refractivity contribution in [3.8, 4) is 0 Å². The minimum Gasteiger partial charge on any atom is -1.00 e. The monoisotopic (exact) mass is 238 g/mol. The first-order chi connectivity index (χ1) is 4.00. The van der Waals surface area contributed by atoms with Gasteiger partial charge >= 0.3 is 58.5 Å². The molecule has 0 aromatic rings. The molecule has 0 heterocycles. The van der Waals surface area contributed by atoms with E-state index in [0.29, 0.717) is 0 Å². The number of rotatable bonds is 0. The van der Waals surface area contributed by atoms with Crippen molar-refractivity contribution in [3.63, 3.8) is 0 Å². The molecule has 0 atom stereocenters. The van der Waals surface area contributed by atoms with Crippen molar-refractivity contribution in [2.24, 2.45) is 0 Å². The second-order valence-electron chi connectivity index (χ2n) is 0.896. The largest absolute Gasteiger partial charge is 2.00 e. The van der Waals surface area contributed by atoms with Gasteiger partial charge in [-0.25, -0.2) is 0 Å². The molecule has 0 saturated carbocycles. The summed E-state index contributed by atoms with van der Waals surface area (Å²) in [6.07, 6.45) is 0. The molecule has 0 amide bonds. The van der Waals surface area contributed by atoms with Crippen molar-refractivity contribution >= 4 is 58.5 Å². The van der Waals surface area contributed by atoms with Gasteiger partial charge in [-0.15, -0.1) is 0 Å². The third-order valence-electron chi connectivity index (χ3n) is 0. The van der Waals surface area contributed by atoms with Gasteiger partial charge in [-0.2, -0.15) is 16.8 Å². The molecule has 0 unspecified atom stereocenters. The van der Waals surface area contributed by atoms with Crippen LogP contribution in [0.15, 0.2) is 0 Å². The first-order valence-corrected chi connectivity index (χ1v) is 4.19. The van der Waals surface area contributed by atoms with Crippen LogP contribution in [0.25, 0.3) is 0 Å². The van der Waals surface area contributed by atoms with Gasteiger partial charge < -0.3 is 2.85 Å². The molecule has 0 spiro atoms. The van der Waals surface area contributed by atoms with Gasteiger partial charge in [0, 0.05) is 0 Å². The van der Waals surface area contributed by atoms with Gasteiger partial charge in [0.05, 0.1) is 0 Å². The van der Waals surface area contributed by atoms with Crippen LogP contribution in [-0.2, 0) is 20.8 Å². The quantitative estimate of drug-likeness (QED) is 0.295. The van der Waals surface area contributed by atoms with Gasteiger partial charge in [0.1, 0.15) is 0 Å². The Morgan fingerprint density at radius 1 is 0.727 bits per heavy atom. The van der Waals surface area contributed by atoms with E-state index in [0.717, 1.165) is 0 Å². The predicted octanol–water partition coefficient (Wildman–Crippen LogP) is -1.46. The summed E-state index contributed by atoms with van der Waals surface area (Å²) in [6, 6.07) is 0. The van der Waals surface area contributed by atoms with Crippen LogP contribution in [0.1, 0.15) is 2.85 Å². The molecule has 8 nitrogen and oxygen atoms in total. The standard InChI is InChI=1S/Ca.2H2O4S.2H/c;2*1-5(2,3)4;;/h;2*(H2,1,2,3,4);;/q+2;;;2*-1. The Hall–Kier alpha value is 1.000. The fraction of sp³-hybridized carbons (Fsp3) is 0. The minimum absolute atomic E-state index is 0. The maximum atomic E-state index is 8.74. The van der Waals surface area contributed by atoms with Crippen LogP contribution >= 0.6 is 0 Å². The summed E-state index contributed by atoms with van der Waals surface area (Å²) >= 11 is 0. The van der Waals surface area contributed by atoms with Gasteiger partial charge in [0.2, 0.25) is 0 Å². The SMILES string of the molecule is O=S(=O)(O)O.O=S(=O)(O)O.[Ca+2].[H-].[H-]. The summed E-state index contributed by atoms with van der Waals surface area (Å²) in [4.78, 5) is 0. The maximum absolute atomic E-state index is 8.74. The summed E-state index contributed by atoms with van der Waals surface area (Å²) in [7, 11) is -9.33. The van der Waals surface area contributed by atoms with Crippen LogP contribution in [0.5, 0.6) is 0 Å². The van der Waals surface area contributed by atoms with Gasteiger partial charge in [0.15, 0.2) is 0 Å².